The lowest BCUT2D eigenvalue weighted by Crippen LogP contribution is -2.24. The number of methoxy groups -OCH3 is 1. The second-order valence-corrected chi connectivity index (χ2v) is 2.59. The molecule has 0 rings (SSSR count). The van der Waals surface area contributed by atoms with Crippen molar-refractivity contribution < 1.29 is 14.6 Å². The number of aliphatic hydroxyl groups excluding tert-OH is 1. The minimum absolute atomic E-state index is 0.0208. The van der Waals surface area contributed by atoms with E-state index in [-0.39, 0.29) is 18.8 Å². The highest BCUT2D eigenvalue weighted by molar-refractivity contribution is 4.54. The van der Waals surface area contributed by atoms with Gasteiger partial charge in [-0.05, 0) is 13.3 Å². The first-order chi connectivity index (χ1) is 5.24. The van der Waals surface area contributed by atoms with Crippen LogP contribution in [0.4, 0.5) is 0 Å². The van der Waals surface area contributed by atoms with Gasteiger partial charge in [-0.15, -0.1) is 0 Å². The maximum absolute atomic E-state index is 8.71. The lowest BCUT2D eigenvalue weighted by molar-refractivity contribution is -0.0428. The number of hydrogen-bond donors (Lipinski definition) is 1. The van der Waals surface area contributed by atoms with Crippen LogP contribution >= 0.6 is 0 Å². The highest BCUT2D eigenvalue weighted by Gasteiger charge is 2.07. The number of hydrogen-bond acceptors (Lipinski definition) is 3. The lowest BCUT2D eigenvalue weighted by atomic mass is 10.3. The maximum atomic E-state index is 8.71. The molecule has 1 N–H and O–H groups in total. The Morgan fingerprint density at radius 2 is 2.09 bits per heavy atom. The van der Waals surface area contributed by atoms with Gasteiger partial charge in [0.2, 0.25) is 0 Å². The minimum atomic E-state index is -0.177. The summed E-state index contributed by atoms with van der Waals surface area (Å²) in [5.41, 5.74) is 0. The lowest BCUT2D eigenvalue weighted by Gasteiger charge is -2.15. The van der Waals surface area contributed by atoms with Gasteiger partial charge in [-0.2, -0.15) is 0 Å². The van der Waals surface area contributed by atoms with Crippen molar-refractivity contribution in [1.29, 1.82) is 0 Å². The largest absolute Gasteiger partial charge is 0.394 e. The van der Waals surface area contributed by atoms with E-state index in [0.717, 1.165) is 6.42 Å². The molecule has 2 atom stereocenters. The molecule has 0 aromatic heterocycles. The molecule has 68 valence electrons. The van der Waals surface area contributed by atoms with Gasteiger partial charge in [0.15, 0.2) is 0 Å². The molecule has 0 aliphatic rings. The molecule has 0 bridgehead atoms. The summed E-state index contributed by atoms with van der Waals surface area (Å²) >= 11 is 0. The average molecular weight is 162 g/mol. The highest BCUT2D eigenvalue weighted by atomic mass is 16.5. The highest BCUT2D eigenvalue weighted by Crippen LogP contribution is 1.98. The number of aliphatic hydroxyl groups is 1. The van der Waals surface area contributed by atoms with Crippen LogP contribution in [0.2, 0.25) is 0 Å². The van der Waals surface area contributed by atoms with Gasteiger partial charge in [0, 0.05) is 7.11 Å². The van der Waals surface area contributed by atoms with Crippen molar-refractivity contribution in [3.05, 3.63) is 0 Å². The monoisotopic (exact) mass is 162 g/mol. The Balaban J connectivity index is 3.34. The first kappa shape index (κ1) is 10.9. The van der Waals surface area contributed by atoms with Crippen molar-refractivity contribution in [2.24, 2.45) is 0 Å². The molecule has 3 nitrogen and oxygen atoms in total. The van der Waals surface area contributed by atoms with E-state index in [1.807, 2.05) is 6.92 Å². The predicted molar refractivity (Wildman–Crippen MR) is 43.6 cm³/mol. The standard InChI is InChI=1S/C8H18O3/c1-4-7(2)11-6-8(5-9)10-3/h7-9H,4-6H2,1-3H3. The topological polar surface area (TPSA) is 38.7 Å². The van der Waals surface area contributed by atoms with Gasteiger partial charge in [0.05, 0.1) is 19.3 Å². The predicted octanol–water partition coefficient (Wildman–Crippen LogP) is 0.809. The molecular weight excluding hydrogens is 144 g/mol. The molecule has 2 unspecified atom stereocenters. The van der Waals surface area contributed by atoms with Crippen molar-refractivity contribution >= 4 is 0 Å². The zero-order chi connectivity index (χ0) is 8.69. The normalized spacial score (nSPS) is 16.4. The fraction of sp³-hybridized carbons (Fsp3) is 1.00. The van der Waals surface area contributed by atoms with Crippen LogP contribution in [-0.2, 0) is 9.47 Å². The number of rotatable bonds is 6. The fourth-order valence-corrected chi connectivity index (χ4v) is 0.585. The molecule has 0 radical (unpaired) electrons. The van der Waals surface area contributed by atoms with Crippen molar-refractivity contribution in [2.75, 3.05) is 20.3 Å². The van der Waals surface area contributed by atoms with Crippen LogP contribution in [0.25, 0.3) is 0 Å². The minimum Gasteiger partial charge on any atom is -0.394 e. The van der Waals surface area contributed by atoms with Crippen molar-refractivity contribution in [2.45, 2.75) is 32.5 Å². The van der Waals surface area contributed by atoms with Crippen LogP contribution in [0.3, 0.4) is 0 Å². The molecule has 0 spiro atoms. The molecule has 0 amide bonds. The van der Waals surface area contributed by atoms with Gasteiger partial charge < -0.3 is 14.6 Å². The van der Waals surface area contributed by atoms with Gasteiger partial charge in [0.25, 0.3) is 0 Å². The average Bonchev–Trinajstić information content (AvgIpc) is 2.06. The summed E-state index contributed by atoms with van der Waals surface area (Å²) in [5, 5.41) is 8.71. The summed E-state index contributed by atoms with van der Waals surface area (Å²) in [7, 11) is 1.57. The molecule has 0 saturated heterocycles. The van der Waals surface area contributed by atoms with Crippen molar-refractivity contribution in [1.82, 2.24) is 0 Å². The fourth-order valence-electron chi connectivity index (χ4n) is 0.585. The van der Waals surface area contributed by atoms with E-state index < -0.39 is 0 Å². The molecule has 0 aromatic rings. The van der Waals surface area contributed by atoms with Crippen molar-refractivity contribution in [3.8, 4) is 0 Å². The quantitative estimate of drug-likeness (QED) is 0.628. The summed E-state index contributed by atoms with van der Waals surface area (Å²) in [5.74, 6) is 0. The first-order valence-electron chi connectivity index (χ1n) is 3.99. The van der Waals surface area contributed by atoms with Crippen LogP contribution in [0.1, 0.15) is 20.3 Å². The molecule has 0 saturated carbocycles. The van der Waals surface area contributed by atoms with Gasteiger partial charge in [0.1, 0.15) is 6.10 Å². The molecule has 11 heavy (non-hydrogen) atoms. The first-order valence-corrected chi connectivity index (χ1v) is 3.99. The third kappa shape index (κ3) is 5.18. The second-order valence-electron chi connectivity index (χ2n) is 2.59. The zero-order valence-corrected chi connectivity index (χ0v) is 7.54. The molecule has 3 heteroatoms. The van der Waals surface area contributed by atoms with E-state index in [4.69, 9.17) is 14.6 Å². The zero-order valence-electron chi connectivity index (χ0n) is 7.54. The van der Waals surface area contributed by atoms with Crippen LogP contribution < -0.4 is 0 Å². The third-order valence-corrected chi connectivity index (χ3v) is 1.68. The van der Waals surface area contributed by atoms with Gasteiger partial charge in [-0.25, -0.2) is 0 Å². The third-order valence-electron chi connectivity index (χ3n) is 1.68. The summed E-state index contributed by atoms with van der Waals surface area (Å²) in [6.45, 7) is 4.56. The Labute approximate surface area is 68.3 Å². The smallest absolute Gasteiger partial charge is 0.103 e. The van der Waals surface area contributed by atoms with E-state index in [9.17, 15) is 0 Å². The van der Waals surface area contributed by atoms with E-state index in [1.165, 1.54) is 0 Å². The SMILES string of the molecule is CCC(C)OCC(CO)OC. The van der Waals surface area contributed by atoms with Crippen LogP contribution in [0, 0.1) is 0 Å². The number of ether oxygens (including phenoxy) is 2. The van der Waals surface area contributed by atoms with Gasteiger partial charge in [-0.1, -0.05) is 6.92 Å². The molecule has 0 fully saturated rings. The Hall–Kier alpha value is -0.120. The maximum Gasteiger partial charge on any atom is 0.103 e. The molecule has 0 aliphatic carbocycles. The van der Waals surface area contributed by atoms with E-state index in [0.29, 0.717) is 6.61 Å². The van der Waals surface area contributed by atoms with Crippen LogP contribution in [0.5, 0.6) is 0 Å². The molecule has 0 aliphatic heterocycles. The molecule has 0 heterocycles. The molecule has 0 aromatic carbocycles. The second kappa shape index (κ2) is 6.58. The van der Waals surface area contributed by atoms with Gasteiger partial charge >= 0.3 is 0 Å². The summed E-state index contributed by atoms with van der Waals surface area (Å²) in [6, 6.07) is 0. The molecular formula is C8H18O3. The van der Waals surface area contributed by atoms with E-state index in [2.05, 4.69) is 6.92 Å². The van der Waals surface area contributed by atoms with Crippen LogP contribution in [0.15, 0.2) is 0 Å². The summed E-state index contributed by atoms with van der Waals surface area (Å²) < 4.78 is 10.3. The van der Waals surface area contributed by atoms with Crippen LogP contribution in [-0.4, -0.2) is 37.6 Å². The van der Waals surface area contributed by atoms with E-state index in [1.54, 1.807) is 7.11 Å². The van der Waals surface area contributed by atoms with Crippen molar-refractivity contribution in [3.63, 3.8) is 0 Å². The summed E-state index contributed by atoms with van der Waals surface area (Å²) in [4.78, 5) is 0. The Bertz CT molecular complexity index is 81.4. The Kier molecular flexibility index (Phi) is 6.51. The summed E-state index contributed by atoms with van der Waals surface area (Å²) in [6.07, 6.45) is 1.06. The van der Waals surface area contributed by atoms with E-state index >= 15 is 0 Å². The Morgan fingerprint density at radius 3 is 2.45 bits per heavy atom. The van der Waals surface area contributed by atoms with Gasteiger partial charge in [-0.3, -0.25) is 0 Å². The Morgan fingerprint density at radius 1 is 1.45 bits per heavy atom.